The molecule has 0 aliphatic heterocycles. The van der Waals surface area contributed by atoms with Crippen molar-refractivity contribution in [2.24, 2.45) is 5.73 Å². The summed E-state index contributed by atoms with van der Waals surface area (Å²) in [6.07, 6.45) is 0. The molecule has 0 aromatic carbocycles. The maximum atomic E-state index is 10.7. The van der Waals surface area contributed by atoms with Gasteiger partial charge in [0.1, 0.15) is 0 Å². The molecule has 5 heteroatoms. The lowest BCUT2D eigenvalue weighted by Crippen LogP contribution is -2.17. The van der Waals surface area contributed by atoms with Crippen molar-refractivity contribution in [1.29, 1.82) is 0 Å². The molecule has 1 aromatic heterocycles. The lowest BCUT2D eigenvalue weighted by molar-refractivity contribution is 0.0996. The summed E-state index contributed by atoms with van der Waals surface area (Å²) in [6, 6.07) is 0. The van der Waals surface area contributed by atoms with Gasteiger partial charge in [0, 0.05) is 0 Å². The van der Waals surface area contributed by atoms with Gasteiger partial charge in [-0.3, -0.25) is 4.79 Å². The second-order valence-corrected chi connectivity index (χ2v) is 2.49. The molecule has 0 atom stereocenters. The van der Waals surface area contributed by atoms with Crippen LogP contribution < -0.4 is 11.5 Å². The third kappa shape index (κ3) is 2.69. The van der Waals surface area contributed by atoms with E-state index in [-0.39, 0.29) is 11.5 Å². The molecular weight excluding hydrogens is 180 g/mol. The number of amides is 1. The first-order chi connectivity index (χ1) is 6.52. The van der Waals surface area contributed by atoms with Crippen molar-refractivity contribution < 1.29 is 4.79 Å². The van der Waals surface area contributed by atoms with Gasteiger partial charge in [-0.2, -0.15) is 0 Å². The van der Waals surface area contributed by atoms with Crippen molar-refractivity contribution in [3.63, 3.8) is 0 Å². The van der Waals surface area contributed by atoms with Crippen LogP contribution in [0.25, 0.3) is 0 Å². The summed E-state index contributed by atoms with van der Waals surface area (Å²) in [5.41, 5.74) is 11.8. The molecule has 0 unspecified atom stereocenters. The van der Waals surface area contributed by atoms with Crippen molar-refractivity contribution in [3.05, 3.63) is 17.1 Å². The number of nitrogens with zero attached hydrogens (tertiary/aromatic N) is 2. The topological polar surface area (TPSA) is 94.9 Å². The van der Waals surface area contributed by atoms with Crippen LogP contribution >= 0.6 is 0 Å². The number of carbonyl (C=O) groups is 1. The Hall–Kier alpha value is -1.65. The Labute approximate surface area is 83.5 Å². The molecule has 78 valence electrons. The van der Waals surface area contributed by atoms with Crippen molar-refractivity contribution in [1.82, 2.24) is 9.97 Å². The monoisotopic (exact) mass is 196 g/mol. The summed E-state index contributed by atoms with van der Waals surface area (Å²) in [5, 5.41) is 0. The van der Waals surface area contributed by atoms with Crippen LogP contribution in [0.2, 0.25) is 0 Å². The van der Waals surface area contributed by atoms with E-state index in [0.29, 0.717) is 11.4 Å². The summed E-state index contributed by atoms with van der Waals surface area (Å²) in [6.45, 7) is 7.51. The van der Waals surface area contributed by atoms with Gasteiger partial charge >= 0.3 is 0 Å². The smallest absolute Gasteiger partial charge is 0.271 e. The second-order valence-electron chi connectivity index (χ2n) is 2.49. The van der Waals surface area contributed by atoms with Crippen molar-refractivity contribution >= 4 is 11.7 Å². The number of nitrogens with two attached hydrogens (primary N) is 2. The molecule has 4 N–H and O–H groups in total. The lowest BCUT2D eigenvalue weighted by Gasteiger charge is -2.03. The quantitative estimate of drug-likeness (QED) is 0.694. The van der Waals surface area contributed by atoms with E-state index in [2.05, 4.69) is 9.97 Å². The highest BCUT2D eigenvalue weighted by Gasteiger charge is 2.10. The van der Waals surface area contributed by atoms with Gasteiger partial charge in [-0.15, -0.1) is 0 Å². The molecule has 0 aliphatic carbocycles. The van der Waals surface area contributed by atoms with E-state index in [1.165, 1.54) is 0 Å². The molecule has 1 aromatic rings. The van der Waals surface area contributed by atoms with Crippen LogP contribution in [0.5, 0.6) is 0 Å². The lowest BCUT2D eigenvalue weighted by atomic mass is 10.3. The van der Waals surface area contributed by atoms with Crippen molar-refractivity contribution in [2.75, 3.05) is 5.73 Å². The molecule has 1 amide bonds. The molecule has 14 heavy (non-hydrogen) atoms. The van der Waals surface area contributed by atoms with Gasteiger partial charge in [-0.25, -0.2) is 9.97 Å². The third-order valence-electron chi connectivity index (χ3n) is 1.57. The summed E-state index contributed by atoms with van der Waals surface area (Å²) in [7, 11) is 0. The number of aromatic nitrogens is 2. The molecular formula is C9H16N4O. The number of carbonyl (C=O) groups excluding carboxylic acids is 1. The molecule has 0 spiro atoms. The van der Waals surface area contributed by atoms with E-state index in [4.69, 9.17) is 11.5 Å². The van der Waals surface area contributed by atoms with Gasteiger partial charge in [0.05, 0.1) is 11.4 Å². The number of hydrogen-bond donors (Lipinski definition) is 2. The van der Waals surface area contributed by atoms with E-state index < -0.39 is 5.91 Å². The number of hydrogen-bond acceptors (Lipinski definition) is 4. The highest BCUT2D eigenvalue weighted by Crippen LogP contribution is 2.08. The number of rotatable bonds is 1. The number of primary amides is 1. The van der Waals surface area contributed by atoms with E-state index in [1.807, 2.05) is 13.8 Å². The first-order valence-electron chi connectivity index (χ1n) is 4.43. The average Bonchev–Trinajstić information content (AvgIpc) is 2.14. The molecule has 1 rings (SSSR count). The molecule has 0 saturated carbocycles. The summed E-state index contributed by atoms with van der Waals surface area (Å²) < 4.78 is 0. The van der Waals surface area contributed by atoms with E-state index in [1.54, 1.807) is 13.8 Å². The third-order valence-corrected chi connectivity index (χ3v) is 1.57. The predicted molar refractivity (Wildman–Crippen MR) is 55.8 cm³/mol. The molecule has 5 nitrogen and oxygen atoms in total. The van der Waals surface area contributed by atoms with Crippen LogP contribution in [0.3, 0.4) is 0 Å². The van der Waals surface area contributed by atoms with E-state index in [9.17, 15) is 4.79 Å². The molecule has 0 bridgehead atoms. The molecule has 0 aliphatic rings. The van der Waals surface area contributed by atoms with Crippen molar-refractivity contribution in [2.45, 2.75) is 27.7 Å². The second kappa shape index (κ2) is 5.16. The normalized spacial score (nSPS) is 8.86. The highest BCUT2D eigenvalue weighted by atomic mass is 16.1. The first-order valence-corrected chi connectivity index (χ1v) is 4.43. The largest absolute Gasteiger partial charge is 0.382 e. The SMILES string of the molecule is CC.Cc1nc(N)c(C(N)=O)nc1C. The zero-order valence-corrected chi connectivity index (χ0v) is 8.96. The fourth-order valence-corrected chi connectivity index (χ4v) is 0.802. The number of nitrogen functional groups attached to an aromatic ring is 1. The van der Waals surface area contributed by atoms with Crippen LogP contribution in [0, 0.1) is 13.8 Å². The number of anilines is 1. The Morgan fingerprint density at radius 1 is 1.14 bits per heavy atom. The summed E-state index contributed by atoms with van der Waals surface area (Å²) in [5.74, 6) is -0.561. The molecule has 0 radical (unpaired) electrons. The molecule has 0 fully saturated rings. The average molecular weight is 196 g/mol. The first kappa shape index (κ1) is 12.3. The zero-order valence-electron chi connectivity index (χ0n) is 8.96. The van der Waals surface area contributed by atoms with Crippen LogP contribution in [-0.4, -0.2) is 15.9 Å². The summed E-state index contributed by atoms with van der Waals surface area (Å²) >= 11 is 0. The Kier molecular flexibility index (Phi) is 4.55. The van der Waals surface area contributed by atoms with E-state index >= 15 is 0 Å². The Morgan fingerprint density at radius 3 is 2.00 bits per heavy atom. The standard InChI is InChI=1S/C7H10N4O.C2H6/c1-3-4(2)11-6(8)5(10-3)7(9)12;1-2/h1-2H3,(H2,8,11)(H2,9,12);1-2H3. The fourth-order valence-electron chi connectivity index (χ4n) is 0.802. The van der Waals surface area contributed by atoms with Crippen molar-refractivity contribution in [3.8, 4) is 0 Å². The van der Waals surface area contributed by atoms with Crippen LogP contribution in [-0.2, 0) is 0 Å². The highest BCUT2D eigenvalue weighted by molar-refractivity contribution is 5.94. The maximum Gasteiger partial charge on any atom is 0.271 e. The van der Waals surface area contributed by atoms with Gasteiger partial charge in [-0.1, -0.05) is 13.8 Å². The summed E-state index contributed by atoms with van der Waals surface area (Å²) in [4.78, 5) is 18.5. The minimum absolute atomic E-state index is 0.0399. The Balaban J connectivity index is 0.000000791. The minimum Gasteiger partial charge on any atom is -0.382 e. The fraction of sp³-hybridized carbons (Fsp3) is 0.444. The Bertz CT molecular complexity index is 336. The predicted octanol–water partition coefficient (Wildman–Crippen LogP) is 0.801. The van der Waals surface area contributed by atoms with Gasteiger partial charge in [0.15, 0.2) is 11.5 Å². The molecule has 1 heterocycles. The Morgan fingerprint density at radius 2 is 1.57 bits per heavy atom. The van der Waals surface area contributed by atoms with E-state index in [0.717, 1.165) is 0 Å². The van der Waals surface area contributed by atoms with Crippen LogP contribution in [0.4, 0.5) is 5.82 Å². The van der Waals surface area contributed by atoms with Crippen LogP contribution in [0.15, 0.2) is 0 Å². The molecule has 0 saturated heterocycles. The minimum atomic E-state index is -0.650. The maximum absolute atomic E-state index is 10.7. The van der Waals surface area contributed by atoms with Gasteiger partial charge in [0.2, 0.25) is 0 Å². The van der Waals surface area contributed by atoms with Crippen LogP contribution in [0.1, 0.15) is 35.7 Å². The number of aryl methyl sites for hydroxylation is 2. The zero-order chi connectivity index (χ0) is 11.3. The van der Waals surface area contributed by atoms with Gasteiger partial charge in [0.25, 0.3) is 5.91 Å². The van der Waals surface area contributed by atoms with Gasteiger partial charge < -0.3 is 11.5 Å². The van der Waals surface area contributed by atoms with Gasteiger partial charge in [-0.05, 0) is 13.8 Å².